The number of para-hydroxylation sites is 2. The van der Waals surface area contributed by atoms with Crippen LogP contribution in [-0.4, -0.2) is 15.8 Å². The van der Waals surface area contributed by atoms with Crippen molar-refractivity contribution in [1.29, 1.82) is 0 Å². The topological polar surface area (TPSA) is 82.6 Å². The van der Waals surface area contributed by atoms with Crippen LogP contribution in [0.1, 0.15) is 11.1 Å². The summed E-state index contributed by atoms with van der Waals surface area (Å²) < 4.78 is 5.66. The van der Waals surface area contributed by atoms with E-state index in [2.05, 4.69) is 15.1 Å². The average molecular weight is 370 g/mol. The number of benzene rings is 2. The second-order valence-electron chi connectivity index (χ2n) is 6.04. The Morgan fingerprint density at radius 3 is 2.57 bits per heavy atom. The number of amidine groups is 1. The van der Waals surface area contributed by atoms with Gasteiger partial charge in [0.1, 0.15) is 12.4 Å². The molecule has 2 N–H and O–H groups in total. The second-order valence-corrected chi connectivity index (χ2v) is 6.04. The van der Waals surface area contributed by atoms with E-state index >= 15 is 0 Å². The minimum absolute atomic E-state index is 0.243. The zero-order valence-corrected chi connectivity index (χ0v) is 15.0. The molecule has 2 aromatic carbocycles. The van der Waals surface area contributed by atoms with Gasteiger partial charge in [0, 0.05) is 35.0 Å². The fourth-order valence-electron chi connectivity index (χ4n) is 2.71. The minimum Gasteiger partial charge on any atom is -0.439 e. The van der Waals surface area contributed by atoms with Crippen LogP contribution >= 0.6 is 0 Å². The molecule has 6 nitrogen and oxygen atoms in total. The van der Waals surface area contributed by atoms with E-state index in [9.17, 15) is 0 Å². The summed E-state index contributed by atoms with van der Waals surface area (Å²) in [6, 6.07) is 22.8. The second kappa shape index (κ2) is 8.18. The standard InChI is InChI=1S/C22H18N4O2/c23-22(17-11-12-20(25-14-17)28-19-9-2-1-3-10-19)26-27-15-18-7-4-6-16-8-5-13-24-21(16)18/h1-14H,15H2,(H2,23,26). The Morgan fingerprint density at radius 1 is 0.893 bits per heavy atom. The van der Waals surface area contributed by atoms with Crippen molar-refractivity contribution in [2.24, 2.45) is 10.9 Å². The molecule has 0 saturated heterocycles. The Labute approximate surface area is 162 Å². The van der Waals surface area contributed by atoms with Gasteiger partial charge in [-0.05, 0) is 24.3 Å². The summed E-state index contributed by atoms with van der Waals surface area (Å²) >= 11 is 0. The van der Waals surface area contributed by atoms with E-state index in [0.717, 1.165) is 22.2 Å². The lowest BCUT2D eigenvalue weighted by atomic mass is 10.1. The number of aromatic nitrogens is 2. The molecule has 4 aromatic rings. The van der Waals surface area contributed by atoms with Crippen LogP contribution in [0.2, 0.25) is 0 Å². The predicted octanol–water partition coefficient (Wildman–Crippen LogP) is 4.26. The predicted molar refractivity (Wildman–Crippen MR) is 108 cm³/mol. The van der Waals surface area contributed by atoms with Crippen LogP contribution < -0.4 is 10.5 Å². The van der Waals surface area contributed by atoms with E-state index in [4.69, 9.17) is 15.3 Å². The molecule has 28 heavy (non-hydrogen) atoms. The molecule has 2 heterocycles. The van der Waals surface area contributed by atoms with Gasteiger partial charge in [-0.15, -0.1) is 0 Å². The van der Waals surface area contributed by atoms with Crippen LogP contribution in [0, 0.1) is 0 Å². The molecule has 0 bridgehead atoms. The highest BCUT2D eigenvalue weighted by Crippen LogP contribution is 2.19. The quantitative estimate of drug-likeness (QED) is 0.311. The fourth-order valence-corrected chi connectivity index (χ4v) is 2.71. The van der Waals surface area contributed by atoms with E-state index in [1.54, 1.807) is 24.5 Å². The molecule has 0 radical (unpaired) electrons. The van der Waals surface area contributed by atoms with Crippen LogP contribution in [0.15, 0.2) is 90.3 Å². The van der Waals surface area contributed by atoms with Crippen LogP contribution in [-0.2, 0) is 11.4 Å². The molecule has 0 atom stereocenters. The normalized spacial score (nSPS) is 11.4. The van der Waals surface area contributed by atoms with Crippen LogP contribution in [0.3, 0.4) is 0 Å². The molecule has 0 amide bonds. The first kappa shape index (κ1) is 17.5. The smallest absolute Gasteiger partial charge is 0.219 e. The summed E-state index contributed by atoms with van der Waals surface area (Å²) in [7, 11) is 0. The molecule has 0 saturated carbocycles. The molecular formula is C22H18N4O2. The summed E-state index contributed by atoms with van der Waals surface area (Å²) in [4.78, 5) is 14.1. The Kier molecular flexibility index (Phi) is 5.11. The average Bonchev–Trinajstić information content (AvgIpc) is 2.75. The maximum atomic E-state index is 6.00. The van der Waals surface area contributed by atoms with Crippen molar-refractivity contribution in [3.63, 3.8) is 0 Å². The Morgan fingerprint density at radius 2 is 1.75 bits per heavy atom. The lowest BCUT2D eigenvalue weighted by Crippen LogP contribution is -2.14. The van der Waals surface area contributed by atoms with Crippen LogP contribution in [0.25, 0.3) is 10.9 Å². The summed E-state index contributed by atoms with van der Waals surface area (Å²) in [5.74, 6) is 1.44. The number of ether oxygens (including phenoxy) is 1. The van der Waals surface area contributed by atoms with Crippen molar-refractivity contribution in [3.05, 3.63) is 96.3 Å². The van der Waals surface area contributed by atoms with Crippen LogP contribution in [0.4, 0.5) is 0 Å². The van der Waals surface area contributed by atoms with Gasteiger partial charge in [-0.25, -0.2) is 4.98 Å². The zero-order chi connectivity index (χ0) is 19.2. The number of hydrogen-bond donors (Lipinski definition) is 1. The van der Waals surface area contributed by atoms with Gasteiger partial charge in [0.15, 0.2) is 5.84 Å². The largest absolute Gasteiger partial charge is 0.439 e. The first-order valence-electron chi connectivity index (χ1n) is 8.77. The lowest BCUT2D eigenvalue weighted by Gasteiger charge is -2.06. The van der Waals surface area contributed by atoms with Gasteiger partial charge >= 0.3 is 0 Å². The van der Waals surface area contributed by atoms with E-state index in [0.29, 0.717) is 11.4 Å². The number of rotatable bonds is 6. The van der Waals surface area contributed by atoms with Gasteiger partial charge in [0.05, 0.1) is 5.52 Å². The highest BCUT2D eigenvalue weighted by Gasteiger charge is 2.05. The van der Waals surface area contributed by atoms with Crippen molar-refractivity contribution in [2.75, 3.05) is 0 Å². The summed E-state index contributed by atoms with van der Waals surface area (Å²) in [5.41, 5.74) is 8.49. The molecule has 0 aliphatic heterocycles. The van der Waals surface area contributed by atoms with Crippen molar-refractivity contribution in [1.82, 2.24) is 9.97 Å². The third kappa shape index (κ3) is 4.07. The SMILES string of the molecule is N/C(=N\OCc1cccc2cccnc12)c1ccc(Oc2ccccc2)nc1. The van der Waals surface area contributed by atoms with Gasteiger partial charge in [-0.1, -0.05) is 47.6 Å². The lowest BCUT2D eigenvalue weighted by molar-refractivity contribution is 0.131. The number of oxime groups is 1. The summed E-state index contributed by atoms with van der Waals surface area (Å²) in [6.45, 7) is 0.275. The fraction of sp³-hybridized carbons (Fsp3) is 0.0455. The zero-order valence-electron chi connectivity index (χ0n) is 15.0. The van der Waals surface area contributed by atoms with Crippen LogP contribution in [0.5, 0.6) is 11.6 Å². The molecule has 138 valence electrons. The third-order valence-corrected chi connectivity index (χ3v) is 4.10. The van der Waals surface area contributed by atoms with Gasteiger partial charge in [0.25, 0.3) is 0 Å². The Balaban J connectivity index is 1.41. The van der Waals surface area contributed by atoms with Gasteiger partial charge in [-0.3, -0.25) is 4.98 Å². The summed E-state index contributed by atoms with van der Waals surface area (Å²) in [5, 5.41) is 5.05. The molecule has 0 unspecified atom stereocenters. The van der Waals surface area contributed by atoms with Crippen molar-refractivity contribution in [2.45, 2.75) is 6.61 Å². The molecule has 0 spiro atoms. The molecule has 0 aliphatic rings. The third-order valence-electron chi connectivity index (χ3n) is 4.10. The Bertz CT molecular complexity index is 1090. The molecule has 4 rings (SSSR count). The van der Waals surface area contributed by atoms with Crippen molar-refractivity contribution >= 4 is 16.7 Å². The number of fused-ring (bicyclic) bond motifs is 1. The maximum Gasteiger partial charge on any atom is 0.219 e. The number of hydrogen-bond acceptors (Lipinski definition) is 5. The van der Waals surface area contributed by atoms with Crippen molar-refractivity contribution in [3.8, 4) is 11.6 Å². The van der Waals surface area contributed by atoms with Gasteiger partial charge in [0.2, 0.25) is 5.88 Å². The minimum atomic E-state index is 0.243. The number of nitrogens with zero attached hydrogens (tertiary/aromatic N) is 3. The molecular weight excluding hydrogens is 352 g/mol. The number of pyridine rings is 2. The molecule has 6 heteroatoms. The van der Waals surface area contributed by atoms with E-state index in [1.807, 2.05) is 60.7 Å². The molecule has 0 aliphatic carbocycles. The highest BCUT2D eigenvalue weighted by molar-refractivity contribution is 5.96. The van der Waals surface area contributed by atoms with Gasteiger partial charge in [-0.2, -0.15) is 0 Å². The number of nitrogens with two attached hydrogens (primary N) is 1. The molecule has 2 aromatic heterocycles. The Hall–Kier alpha value is -3.93. The van der Waals surface area contributed by atoms with Gasteiger partial charge < -0.3 is 15.3 Å². The molecule has 0 fully saturated rings. The van der Waals surface area contributed by atoms with E-state index in [-0.39, 0.29) is 12.4 Å². The summed E-state index contributed by atoms with van der Waals surface area (Å²) in [6.07, 6.45) is 3.36. The maximum absolute atomic E-state index is 6.00. The van der Waals surface area contributed by atoms with Crippen molar-refractivity contribution < 1.29 is 9.57 Å². The first-order chi connectivity index (χ1) is 13.8. The van der Waals surface area contributed by atoms with E-state index < -0.39 is 0 Å². The highest BCUT2D eigenvalue weighted by atomic mass is 16.6. The van der Waals surface area contributed by atoms with E-state index in [1.165, 1.54) is 0 Å². The first-order valence-corrected chi connectivity index (χ1v) is 8.77. The monoisotopic (exact) mass is 370 g/mol.